The van der Waals surface area contributed by atoms with Crippen LogP contribution in [-0.4, -0.2) is 43.0 Å². The molecule has 1 fully saturated rings. The maximum atomic E-state index is 13.0. The van der Waals surface area contributed by atoms with Gasteiger partial charge in [0.2, 0.25) is 5.91 Å². The summed E-state index contributed by atoms with van der Waals surface area (Å²) >= 11 is 5.64. The van der Waals surface area contributed by atoms with Gasteiger partial charge in [-0.25, -0.2) is 4.39 Å². The predicted molar refractivity (Wildman–Crippen MR) is 79.5 cm³/mol. The van der Waals surface area contributed by atoms with Crippen LogP contribution in [0.5, 0.6) is 5.75 Å². The lowest BCUT2D eigenvalue weighted by Gasteiger charge is -2.13. The van der Waals surface area contributed by atoms with Gasteiger partial charge in [0.1, 0.15) is 11.6 Å². The molecule has 2 atom stereocenters. The highest BCUT2D eigenvalue weighted by Gasteiger charge is 2.24. The Morgan fingerprint density at radius 2 is 2.23 bits per heavy atom. The topological polar surface area (TPSA) is 67.8 Å². The maximum Gasteiger partial charge on any atom is 0.223 e. The molecule has 122 valence electrons. The average Bonchev–Trinajstić information content (AvgIpc) is 2.97. The van der Waals surface area contributed by atoms with Crippen LogP contribution in [0, 0.1) is 5.82 Å². The molecule has 5 nitrogen and oxygen atoms in total. The van der Waals surface area contributed by atoms with Gasteiger partial charge in [0.05, 0.1) is 36.9 Å². The van der Waals surface area contributed by atoms with Gasteiger partial charge >= 0.3 is 0 Å². The number of hydrogen-bond acceptors (Lipinski definition) is 4. The number of aliphatic hydroxyl groups is 1. The Kier molecular flexibility index (Phi) is 6.42. The van der Waals surface area contributed by atoms with Crippen molar-refractivity contribution < 1.29 is 23.8 Å². The summed E-state index contributed by atoms with van der Waals surface area (Å²) in [5.74, 6) is -0.238. The maximum absolute atomic E-state index is 13.0. The average molecular weight is 332 g/mol. The number of ether oxygens (including phenoxy) is 2. The van der Waals surface area contributed by atoms with E-state index in [9.17, 15) is 9.18 Å². The van der Waals surface area contributed by atoms with Gasteiger partial charge in [-0.2, -0.15) is 0 Å². The molecule has 7 heteroatoms. The summed E-state index contributed by atoms with van der Waals surface area (Å²) in [6, 6.07) is 4.05. The van der Waals surface area contributed by atoms with E-state index in [0.717, 1.165) is 12.8 Å². The van der Waals surface area contributed by atoms with E-state index >= 15 is 0 Å². The molecule has 2 rings (SSSR count). The molecule has 0 aliphatic carbocycles. The molecule has 0 spiro atoms. The fraction of sp³-hybridized carbons (Fsp3) is 0.533. The number of rotatable bonds is 7. The molecule has 0 unspecified atom stereocenters. The minimum atomic E-state index is -0.510. The zero-order valence-electron chi connectivity index (χ0n) is 12.1. The number of carbonyl (C=O) groups excluding carboxylic acids is 1. The van der Waals surface area contributed by atoms with Crippen LogP contribution in [0.25, 0.3) is 0 Å². The molecule has 1 aromatic rings. The lowest BCUT2D eigenvalue weighted by Crippen LogP contribution is -2.33. The second kappa shape index (κ2) is 8.31. The van der Waals surface area contributed by atoms with E-state index in [1.165, 1.54) is 18.2 Å². The van der Waals surface area contributed by atoms with Crippen LogP contribution in [0.15, 0.2) is 18.2 Å². The van der Waals surface area contributed by atoms with E-state index in [0.29, 0.717) is 12.3 Å². The van der Waals surface area contributed by atoms with Crippen molar-refractivity contribution in [2.24, 2.45) is 0 Å². The third-order valence-electron chi connectivity index (χ3n) is 3.41. The lowest BCUT2D eigenvalue weighted by molar-refractivity contribution is -0.122. The Balaban J connectivity index is 1.62. The van der Waals surface area contributed by atoms with E-state index in [4.69, 9.17) is 26.2 Å². The molecule has 0 bridgehead atoms. The molecule has 0 radical (unpaired) electrons. The second-order valence-corrected chi connectivity index (χ2v) is 5.53. The van der Waals surface area contributed by atoms with Crippen molar-refractivity contribution in [3.63, 3.8) is 0 Å². The first kappa shape index (κ1) is 17.0. The SMILES string of the molecule is O=C(CCOc1ccc(F)c(Cl)c1)NC[C@H]1CC[C@@H](CO)O1. The van der Waals surface area contributed by atoms with Gasteiger partial charge in [-0.3, -0.25) is 4.79 Å². The summed E-state index contributed by atoms with van der Waals surface area (Å²) in [6.07, 6.45) is 1.67. The molecule has 1 saturated heterocycles. The fourth-order valence-corrected chi connectivity index (χ4v) is 2.38. The van der Waals surface area contributed by atoms with Crippen LogP contribution < -0.4 is 10.1 Å². The van der Waals surface area contributed by atoms with Crippen molar-refractivity contribution in [2.45, 2.75) is 31.5 Å². The molecule has 1 aliphatic rings. The summed E-state index contributed by atoms with van der Waals surface area (Å²) in [5.41, 5.74) is 0. The normalized spacial score (nSPS) is 20.9. The number of hydrogen-bond donors (Lipinski definition) is 2. The largest absolute Gasteiger partial charge is 0.493 e. The molecular formula is C15H19ClFNO4. The first-order valence-electron chi connectivity index (χ1n) is 7.19. The van der Waals surface area contributed by atoms with Crippen molar-refractivity contribution in [2.75, 3.05) is 19.8 Å². The van der Waals surface area contributed by atoms with Crippen molar-refractivity contribution in [3.05, 3.63) is 29.0 Å². The number of aliphatic hydroxyl groups excluding tert-OH is 1. The van der Waals surface area contributed by atoms with Gasteiger partial charge in [-0.15, -0.1) is 0 Å². The molecule has 1 aliphatic heterocycles. The first-order chi connectivity index (χ1) is 10.6. The predicted octanol–water partition coefficient (Wildman–Crippen LogP) is 1.90. The van der Waals surface area contributed by atoms with E-state index in [-0.39, 0.29) is 42.8 Å². The quantitative estimate of drug-likeness (QED) is 0.801. The molecule has 1 aromatic carbocycles. The van der Waals surface area contributed by atoms with Gasteiger partial charge in [-0.05, 0) is 25.0 Å². The summed E-state index contributed by atoms with van der Waals surface area (Å²) in [7, 11) is 0. The Bertz CT molecular complexity index is 514. The van der Waals surface area contributed by atoms with Crippen molar-refractivity contribution in [3.8, 4) is 5.75 Å². The van der Waals surface area contributed by atoms with Gasteiger partial charge in [0.15, 0.2) is 0 Å². The summed E-state index contributed by atoms with van der Waals surface area (Å²) in [6.45, 7) is 0.620. The summed E-state index contributed by atoms with van der Waals surface area (Å²) in [5, 5.41) is 11.7. The zero-order valence-corrected chi connectivity index (χ0v) is 12.8. The Morgan fingerprint density at radius 3 is 2.91 bits per heavy atom. The number of nitrogens with one attached hydrogen (secondary N) is 1. The van der Waals surface area contributed by atoms with E-state index in [2.05, 4.69) is 5.32 Å². The highest BCUT2D eigenvalue weighted by atomic mass is 35.5. The molecule has 1 amide bonds. The first-order valence-corrected chi connectivity index (χ1v) is 7.57. The minimum Gasteiger partial charge on any atom is -0.493 e. The summed E-state index contributed by atoms with van der Waals surface area (Å²) < 4.78 is 23.8. The molecule has 2 N–H and O–H groups in total. The van der Waals surface area contributed by atoms with Crippen LogP contribution in [0.4, 0.5) is 4.39 Å². The fourth-order valence-electron chi connectivity index (χ4n) is 2.21. The molecular weight excluding hydrogens is 313 g/mol. The van der Waals surface area contributed by atoms with Crippen LogP contribution in [-0.2, 0) is 9.53 Å². The Hall–Kier alpha value is -1.37. The van der Waals surface area contributed by atoms with Crippen molar-refractivity contribution in [1.29, 1.82) is 0 Å². The second-order valence-electron chi connectivity index (χ2n) is 5.12. The smallest absolute Gasteiger partial charge is 0.223 e. The van der Waals surface area contributed by atoms with Crippen molar-refractivity contribution >= 4 is 17.5 Å². The van der Waals surface area contributed by atoms with Gasteiger partial charge in [0.25, 0.3) is 0 Å². The standard InChI is InChI=1S/C15H19ClFNO4/c16-13-7-10(3-4-14(13)17)21-6-5-15(20)18-8-11-1-2-12(9-19)22-11/h3-4,7,11-12,19H,1-2,5-6,8-9H2,(H,18,20)/t11-,12+/m1/s1. The van der Waals surface area contributed by atoms with Gasteiger partial charge < -0.3 is 19.9 Å². The van der Waals surface area contributed by atoms with Gasteiger partial charge in [0, 0.05) is 12.6 Å². The van der Waals surface area contributed by atoms with E-state index < -0.39 is 5.82 Å². The molecule has 22 heavy (non-hydrogen) atoms. The third kappa shape index (κ3) is 5.12. The summed E-state index contributed by atoms with van der Waals surface area (Å²) in [4.78, 5) is 11.7. The monoisotopic (exact) mass is 331 g/mol. The molecule has 0 aromatic heterocycles. The Labute approximate surface area is 133 Å². The van der Waals surface area contributed by atoms with Crippen LogP contribution in [0.3, 0.4) is 0 Å². The number of amides is 1. The zero-order chi connectivity index (χ0) is 15.9. The van der Waals surface area contributed by atoms with E-state index in [1.807, 2.05) is 0 Å². The van der Waals surface area contributed by atoms with Crippen LogP contribution in [0.2, 0.25) is 5.02 Å². The van der Waals surface area contributed by atoms with Crippen LogP contribution >= 0.6 is 11.6 Å². The highest BCUT2D eigenvalue weighted by molar-refractivity contribution is 6.30. The minimum absolute atomic E-state index is 0.0124. The Morgan fingerprint density at radius 1 is 1.45 bits per heavy atom. The lowest BCUT2D eigenvalue weighted by atomic mass is 10.2. The molecule has 0 saturated carbocycles. The molecule has 1 heterocycles. The van der Waals surface area contributed by atoms with Gasteiger partial charge in [-0.1, -0.05) is 11.6 Å². The number of carbonyl (C=O) groups is 1. The third-order valence-corrected chi connectivity index (χ3v) is 3.70. The van der Waals surface area contributed by atoms with Crippen molar-refractivity contribution in [1.82, 2.24) is 5.32 Å². The number of halogens is 2. The van der Waals surface area contributed by atoms with Crippen LogP contribution in [0.1, 0.15) is 19.3 Å². The highest BCUT2D eigenvalue weighted by Crippen LogP contribution is 2.21. The number of benzene rings is 1. The van der Waals surface area contributed by atoms with E-state index in [1.54, 1.807) is 0 Å².